The van der Waals surface area contributed by atoms with Gasteiger partial charge in [-0.3, -0.25) is 9.59 Å². The SMILES string of the molecule is CCOc1cc(C=NNC(=O)CCC(=O)Nc2cc(C)ccc2C)cc(Br)c1OCC. The number of rotatable bonds is 10. The third-order valence-corrected chi connectivity index (χ3v) is 4.86. The van der Waals surface area contributed by atoms with E-state index in [1.807, 2.05) is 52.0 Å². The number of nitrogens with one attached hydrogen (secondary N) is 2. The molecule has 0 aliphatic rings. The van der Waals surface area contributed by atoms with Gasteiger partial charge in [0.2, 0.25) is 11.8 Å². The van der Waals surface area contributed by atoms with E-state index in [9.17, 15) is 9.59 Å². The number of amides is 2. The number of hydrogen-bond donors (Lipinski definition) is 2. The number of hydrogen-bond acceptors (Lipinski definition) is 5. The summed E-state index contributed by atoms with van der Waals surface area (Å²) >= 11 is 3.47. The van der Waals surface area contributed by atoms with Crippen LogP contribution in [0.15, 0.2) is 39.9 Å². The molecule has 7 nitrogen and oxygen atoms in total. The molecule has 0 atom stereocenters. The maximum absolute atomic E-state index is 12.1. The fourth-order valence-corrected chi connectivity index (χ4v) is 3.33. The number of halogens is 1. The van der Waals surface area contributed by atoms with Crippen LogP contribution in [-0.4, -0.2) is 31.2 Å². The topological polar surface area (TPSA) is 89.0 Å². The molecule has 0 aromatic heterocycles. The van der Waals surface area contributed by atoms with Crippen molar-refractivity contribution in [2.24, 2.45) is 5.10 Å². The van der Waals surface area contributed by atoms with Crippen molar-refractivity contribution in [3.8, 4) is 11.5 Å². The number of ether oxygens (including phenoxy) is 2. The molecule has 31 heavy (non-hydrogen) atoms. The van der Waals surface area contributed by atoms with Crippen molar-refractivity contribution in [1.29, 1.82) is 0 Å². The second-order valence-corrected chi connectivity index (χ2v) is 7.71. The van der Waals surface area contributed by atoms with Gasteiger partial charge in [0.05, 0.1) is 23.9 Å². The lowest BCUT2D eigenvalue weighted by Gasteiger charge is -2.13. The molecule has 0 fully saturated rings. The lowest BCUT2D eigenvalue weighted by atomic mass is 10.1. The van der Waals surface area contributed by atoms with E-state index in [0.717, 1.165) is 26.9 Å². The van der Waals surface area contributed by atoms with Crippen molar-refractivity contribution in [2.75, 3.05) is 18.5 Å². The summed E-state index contributed by atoms with van der Waals surface area (Å²) in [5.74, 6) is 0.655. The zero-order valence-electron chi connectivity index (χ0n) is 18.3. The van der Waals surface area contributed by atoms with Crippen LogP contribution in [0.4, 0.5) is 5.69 Å². The van der Waals surface area contributed by atoms with Crippen molar-refractivity contribution in [3.63, 3.8) is 0 Å². The van der Waals surface area contributed by atoms with Gasteiger partial charge in [-0.05, 0) is 78.5 Å². The average Bonchev–Trinajstić information content (AvgIpc) is 2.72. The molecule has 0 bridgehead atoms. The second kappa shape index (κ2) is 12.1. The van der Waals surface area contributed by atoms with Crippen LogP contribution in [0.2, 0.25) is 0 Å². The molecule has 0 heterocycles. The Morgan fingerprint density at radius 2 is 1.74 bits per heavy atom. The molecule has 8 heteroatoms. The van der Waals surface area contributed by atoms with E-state index in [2.05, 4.69) is 31.8 Å². The third-order valence-electron chi connectivity index (χ3n) is 4.27. The number of carbonyl (C=O) groups is 2. The molecule has 0 unspecified atom stereocenters. The molecule has 2 N–H and O–H groups in total. The van der Waals surface area contributed by atoms with Crippen LogP contribution in [0, 0.1) is 13.8 Å². The van der Waals surface area contributed by atoms with Gasteiger partial charge in [0, 0.05) is 18.5 Å². The molecular weight excluding hydrogens is 462 g/mol. The van der Waals surface area contributed by atoms with Crippen molar-refractivity contribution in [1.82, 2.24) is 5.43 Å². The first-order valence-corrected chi connectivity index (χ1v) is 10.9. The molecule has 0 saturated carbocycles. The molecule has 0 aliphatic carbocycles. The quantitative estimate of drug-likeness (QED) is 0.372. The summed E-state index contributed by atoms with van der Waals surface area (Å²) in [7, 11) is 0. The summed E-state index contributed by atoms with van der Waals surface area (Å²) in [6, 6.07) is 9.44. The van der Waals surface area contributed by atoms with Gasteiger partial charge in [-0.2, -0.15) is 5.10 Å². The molecule has 2 aromatic carbocycles. The fraction of sp³-hybridized carbons (Fsp3) is 0.348. The summed E-state index contributed by atoms with van der Waals surface area (Å²) < 4.78 is 12.0. The molecule has 2 amide bonds. The van der Waals surface area contributed by atoms with Gasteiger partial charge in [-0.25, -0.2) is 5.43 Å². The predicted molar refractivity (Wildman–Crippen MR) is 126 cm³/mol. The maximum Gasteiger partial charge on any atom is 0.240 e. The minimum atomic E-state index is -0.345. The Kier molecular flexibility index (Phi) is 9.52. The fourth-order valence-electron chi connectivity index (χ4n) is 2.75. The Morgan fingerprint density at radius 3 is 2.45 bits per heavy atom. The molecule has 0 radical (unpaired) electrons. The van der Waals surface area contributed by atoms with Gasteiger partial charge in [0.15, 0.2) is 11.5 Å². The smallest absolute Gasteiger partial charge is 0.240 e. The first-order chi connectivity index (χ1) is 14.8. The molecule has 0 aliphatic heterocycles. The van der Waals surface area contributed by atoms with Crippen LogP contribution >= 0.6 is 15.9 Å². The zero-order valence-corrected chi connectivity index (χ0v) is 19.8. The van der Waals surface area contributed by atoms with Crippen LogP contribution in [0.3, 0.4) is 0 Å². The highest BCUT2D eigenvalue weighted by molar-refractivity contribution is 9.10. The van der Waals surface area contributed by atoms with Crippen LogP contribution in [0.1, 0.15) is 43.4 Å². The van der Waals surface area contributed by atoms with Crippen LogP contribution in [0.25, 0.3) is 0 Å². The van der Waals surface area contributed by atoms with Crippen LogP contribution in [-0.2, 0) is 9.59 Å². The molecule has 166 valence electrons. The number of anilines is 1. The van der Waals surface area contributed by atoms with E-state index in [0.29, 0.717) is 24.7 Å². The van der Waals surface area contributed by atoms with Crippen LogP contribution in [0.5, 0.6) is 11.5 Å². The molecule has 2 rings (SSSR count). The maximum atomic E-state index is 12.1. The minimum absolute atomic E-state index is 0.0329. The highest BCUT2D eigenvalue weighted by Gasteiger charge is 2.12. The van der Waals surface area contributed by atoms with Gasteiger partial charge in [-0.15, -0.1) is 0 Å². The molecule has 0 spiro atoms. The van der Waals surface area contributed by atoms with Crippen molar-refractivity contribution in [2.45, 2.75) is 40.5 Å². The zero-order chi connectivity index (χ0) is 22.8. The molecular formula is C23H28BrN3O4. The predicted octanol–water partition coefficient (Wildman–Crippen LogP) is 4.73. The Bertz CT molecular complexity index is 960. The van der Waals surface area contributed by atoms with Gasteiger partial charge >= 0.3 is 0 Å². The second-order valence-electron chi connectivity index (χ2n) is 6.86. The van der Waals surface area contributed by atoms with E-state index < -0.39 is 0 Å². The third kappa shape index (κ3) is 7.71. The first-order valence-electron chi connectivity index (χ1n) is 10.1. The summed E-state index contributed by atoms with van der Waals surface area (Å²) in [5, 5.41) is 6.81. The average molecular weight is 490 g/mol. The first kappa shape index (κ1) is 24.4. The number of nitrogens with zero attached hydrogens (tertiary/aromatic N) is 1. The van der Waals surface area contributed by atoms with Gasteiger partial charge in [0.1, 0.15) is 0 Å². The van der Waals surface area contributed by atoms with E-state index >= 15 is 0 Å². The summed E-state index contributed by atoms with van der Waals surface area (Å²) in [6.07, 6.45) is 1.61. The highest BCUT2D eigenvalue weighted by Crippen LogP contribution is 2.36. The van der Waals surface area contributed by atoms with Crippen molar-refractivity contribution >= 4 is 39.6 Å². The normalized spacial score (nSPS) is 10.7. The summed E-state index contributed by atoms with van der Waals surface area (Å²) in [5.41, 5.74) is 5.96. The van der Waals surface area contributed by atoms with Gasteiger partial charge in [-0.1, -0.05) is 12.1 Å². The minimum Gasteiger partial charge on any atom is -0.490 e. The number of carbonyl (C=O) groups excluding carboxylic acids is 2. The number of benzene rings is 2. The van der Waals surface area contributed by atoms with Gasteiger partial charge < -0.3 is 14.8 Å². The Hall–Kier alpha value is -2.87. The van der Waals surface area contributed by atoms with E-state index in [1.165, 1.54) is 6.21 Å². The van der Waals surface area contributed by atoms with E-state index in [1.54, 1.807) is 6.07 Å². The highest BCUT2D eigenvalue weighted by atomic mass is 79.9. The molecule has 0 saturated heterocycles. The van der Waals surface area contributed by atoms with Gasteiger partial charge in [0.25, 0.3) is 0 Å². The standard InChI is InChI=1S/C23H28BrN3O4/c1-5-30-20-13-17(12-18(24)23(20)31-6-2)14-25-27-22(29)10-9-21(28)26-19-11-15(3)7-8-16(19)4/h7-8,11-14H,5-6,9-10H2,1-4H3,(H,26,28)(H,27,29). The Morgan fingerprint density at radius 1 is 1.03 bits per heavy atom. The van der Waals surface area contributed by atoms with E-state index in [-0.39, 0.29) is 24.7 Å². The molecule has 2 aromatic rings. The lowest BCUT2D eigenvalue weighted by Crippen LogP contribution is -2.21. The Labute approximate surface area is 191 Å². The Balaban J connectivity index is 1.89. The van der Waals surface area contributed by atoms with Crippen LogP contribution < -0.4 is 20.2 Å². The summed E-state index contributed by atoms with van der Waals surface area (Å²) in [4.78, 5) is 24.2. The van der Waals surface area contributed by atoms with E-state index in [4.69, 9.17) is 9.47 Å². The number of aryl methyl sites for hydroxylation is 2. The summed E-state index contributed by atoms with van der Waals surface area (Å²) in [6.45, 7) is 8.68. The van der Waals surface area contributed by atoms with Crippen molar-refractivity contribution < 1.29 is 19.1 Å². The largest absolute Gasteiger partial charge is 0.490 e. The lowest BCUT2D eigenvalue weighted by molar-refractivity contribution is -0.124. The van der Waals surface area contributed by atoms with Crippen molar-refractivity contribution in [3.05, 3.63) is 51.5 Å². The number of hydrazone groups is 1. The monoisotopic (exact) mass is 489 g/mol.